The molecule has 0 bridgehead atoms. The van der Waals surface area contributed by atoms with Crippen molar-refractivity contribution in [2.45, 2.75) is 39.7 Å². The maximum absolute atomic E-state index is 13.3. The van der Waals surface area contributed by atoms with Crippen LogP contribution in [0.4, 0.5) is 0 Å². The smallest absolute Gasteiger partial charge is 0.231 e. The van der Waals surface area contributed by atoms with Gasteiger partial charge in [0.1, 0.15) is 5.01 Å². The molecule has 4 heterocycles. The highest BCUT2D eigenvalue weighted by Gasteiger charge is 2.65. The predicted octanol–water partition coefficient (Wildman–Crippen LogP) is 1.83. The molecule has 2 amide bonds. The molecule has 3 saturated heterocycles. The Hall–Kier alpha value is -1.47. The molecule has 2 spiro atoms. The third-order valence-electron chi connectivity index (χ3n) is 6.96. The number of amides is 2. The molecule has 6 nitrogen and oxygen atoms in total. The number of nitrogens with zero attached hydrogens (tertiary/aromatic N) is 4. The van der Waals surface area contributed by atoms with Gasteiger partial charge in [-0.2, -0.15) is 0 Å². The Morgan fingerprint density at radius 3 is 2.58 bits per heavy atom. The number of fused-ring (bicyclic) bond motifs is 1. The maximum Gasteiger partial charge on any atom is 0.231 e. The SMILES string of the molecule is CCN1CC[C@@]2(CN(C(C)=O)CC23CCN(Cc2nccs2)CC3)C1=O. The number of piperidine rings is 1. The van der Waals surface area contributed by atoms with E-state index in [4.69, 9.17) is 0 Å². The van der Waals surface area contributed by atoms with Gasteiger partial charge < -0.3 is 9.80 Å². The van der Waals surface area contributed by atoms with Gasteiger partial charge in [-0.3, -0.25) is 14.5 Å². The number of aromatic nitrogens is 1. The number of carbonyl (C=O) groups is 2. The predicted molar refractivity (Wildman–Crippen MR) is 101 cm³/mol. The number of rotatable bonds is 3. The second-order valence-corrected chi connectivity index (χ2v) is 9.05. The van der Waals surface area contributed by atoms with Gasteiger partial charge in [0.05, 0.1) is 12.0 Å². The normalized spacial score (nSPS) is 28.6. The van der Waals surface area contributed by atoms with Crippen LogP contribution in [0.25, 0.3) is 0 Å². The van der Waals surface area contributed by atoms with Gasteiger partial charge in [0.25, 0.3) is 0 Å². The molecule has 0 unspecified atom stereocenters. The van der Waals surface area contributed by atoms with E-state index in [-0.39, 0.29) is 22.6 Å². The summed E-state index contributed by atoms with van der Waals surface area (Å²) >= 11 is 1.70. The zero-order valence-corrected chi connectivity index (χ0v) is 16.6. The molecule has 0 N–H and O–H groups in total. The van der Waals surface area contributed by atoms with Gasteiger partial charge in [-0.05, 0) is 39.3 Å². The summed E-state index contributed by atoms with van der Waals surface area (Å²) in [5.74, 6) is 0.395. The zero-order valence-electron chi connectivity index (χ0n) is 15.7. The van der Waals surface area contributed by atoms with Crippen LogP contribution in [0, 0.1) is 10.8 Å². The van der Waals surface area contributed by atoms with E-state index in [0.717, 1.165) is 63.5 Å². The van der Waals surface area contributed by atoms with Crippen molar-refractivity contribution in [3.8, 4) is 0 Å². The fourth-order valence-corrected chi connectivity index (χ4v) is 6.02. The summed E-state index contributed by atoms with van der Waals surface area (Å²) in [6.07, 6.45) is 4.74. The maximum atomic E-state index is 13.3. The molecule has 3 aliphatic heterocycles. The highest BCUT2D eigenvalue weighted by Crippen LogP contribution is 2.57. The highest BCUT2D eigenvalue weighted by molar-refractivity contribution is 7.09. The monoisotopic (exact) mass is 376 g/mol. The number of likely N-dealkylation sites (tertiary alicyclic amines) is 3. The summed E-state index contributed by atoms with van der Waals surface area (Å²) in [6.45, 7) is 9.52. The lowest BCUT2D eigenvalue weighted by molar-refractivity contribution is -0.142. The second kappa shape index (κ2) is 6.60. The van der Waals surface area contributed by atoms with E-state index in [1.165, 1.54) is 0 Å². The van der Waals surface area contributed by atoms with E-state index in [0.29, 0.717) is 6.54 Å². The van der Waals surface area contributed by atoms with E-state index >= 15 is 0 Å². The van der Waals surface area contributed by atoms with E-state index in [1.54, 1.807) is 18.3 Å². The van der Waals surface area contributed by atoms with Crippen molar-refractivity contribution in [1.82, 2.24) is 19.7 Å². The van der Waals surface area contributed by atoms with E-state index < -0.39 is 0 Å². The van der Waals surface area contributed by atoms with Crippen molar-refractivity contribution in [2.24, 2.45) is 10.8 Å². The third-order valence-corrected chi connectivity index (χ3v) is 7.72. The van der Waals surface area contributed by atoms with Crippen LogP contribution in [0.3, 0.4) is 0 Å². The Kier molecular flexibility index (Phi) is 4.55. The van der Waals surface area contributed by atoms with Crippen LogP contribution in [0.15, 0.2) is 11.6 Å². The number of hydrogen-bond acceptors (Lipinski definition) is 5. The molecule has 1 atom stereocenters. The molecule has 3 fully saturated rings. The van der Waals surface area contributed by atoms with Crippen molar-refractivity contribution >= 4 is 23.2 Å². The molecular weight excluding hydrogens is 348 g/mol. The minimum atomic E-state index is -0.359. The quantitative estimate of drug-likeness (QED) is 0.808. The van der Waals surface area contributed by atoms with Crippen LogP contribution >= 0.6 is 11.3 Å². The molecule has 4 rings (SSSR count). The number of hydrogen-bond donors (Lipinski definition) is 0. The average molecular weight is 377 g/mol. The van der Waals surface area contributed by atoms with Gasteiger partial charge in [-0.15, -0.1) is 11.3 Å². The number of thiazole rings is 1. The molecule has 26 heavy (non-hydrogen) atoms. The van der Waals surface area contributed by atoms with Gasteiger partial charge in [0, 0.05) is 50.1 Å². The Morgan fingerprint density at radius 2 is 2.00 bits per heavy atom. The Bertz CT molecular complexity index is 684. The molecular formula is C19H28N4O2S. The molecule has 1 aromatic rings. The lowest BCUT2D eigenvalue weighted by Crippen LogP contribution is -2.52. The minimum absolute atomic E-state index is 0.0565. The Morgan fingerprint density at radius 1 is 1.23 bits per heavy atom. The summed E-state index contributed by atoms with van der Waals surface area (Å²) in [6, 6.07) is 0. The van der Waals surface area contributed by atoms with Crippen molar-refractivity contribution in [1.29, 1.82) is 0 Å². The van der Waals surface area contributed by atoms with Crippen molar-refractivity contribution in [2.75, 3.05) is 39.3 Å². The van der Waals surface area contributed by atoms with Gasteiger partial charge >= 0.3 is 0 Å². The van der Waals surface area contributed by atoms with Crippen LogP contribution in [0.5, 0.6) is 0 Å². The molecule has 0 radical (unpaired) electrons. The fourth-order valence-electron chi connectivity index (χ4n) is 5.36. The molecule has 142 valence electrons. The first-order valence-electron chi connectivity index (χ1n) is 9.65. The van der Waals surface area contributed by atoms with E-state index in [9.17, 15) is 9.59 Å². The summed E-state index contributed by atoms with van der Waals surface area (Å²) in [7, 11) is 0. The molecule has 3 aliphatic rings. The van der Waals surface area contributed by atoms with Gasteiger partial charge in [-0.25, -0.2) is 4.98 Å². The topological polar surface area (TPSA) is 56.8 Å². The largest absolute Gasteiger partial charge is 0.342 e. The van der Waals surface area contributed by atoms with Crippen LogP contribution in [0.2, 0.25) is 0 Å². The van der Waals surface area contributed by atoms with Gasteiger partial charge in [0.2, 0.25) is 11.8 Å². The number of carbonyl (C=O) groups excluding carboxylic acids is 2. The minimum Gasteiger partial charge on any atom is -0.342 e. The van der Waals surface area contributed by atoms with Crippen molar-refractivity contribution in [3.05, 3.63) is 16.6 Å². The standard InChI is InChI=1S/C19H28N4O2S/c1-3-22-10-6-19(17(22)25)14-23(15(2)24)13-18(19)4-8-21(9-5-18)12-16-20-7-11-26-16/h7,11H,3-6,8-10,12-14H2,1-2H3/t19-/m1/s1. The zero-order chi connectivity index (χ0) is 18.4. The van der Waals surface area contributed by atoms with Gasteiger partial charge in [-0.1, -0.05) is 0 Å². The summed E-state index contributed by atoms with van der Waals surface area (Å²) in [5, 5.41) is 3.18. The van der Waals surface area contributed by atoms with Crippen molar-refractivity contribution in [3.63, 3.8) is 0 Å². The molecule has 0 aromatic carbocycles. The van der Waals surface area contributed by atoms with E-state index in [1.807, 2.05) is 21.4 Å². The third kappa shape index (κ3) is 2.67. The van der Waals surface area contributed by atoms with Crippen LogP contribution in [-0.2, 0) is 16.1 Å². The lowest BCUT2D eigenvalue weighted by atomic mass is 9.60. The van der Waals surface area contributed by atoms with Crippen LogP contribution in [0.1, 0.15) is 38.1 Å². The summed E-state index contributed by atoms with van der Waals surface area (Å²) in [4.78, 5) is 36.2. The van der Waals surface area contributed by atoms with Crippen molar-refractivity contribution < 1.29 is 9.59 Å². The van der Waals surface area contributed by atoms with Gasteiger partial charge in [0.15, 0.2) is 0 Å². The first-order valence-corrected chi connectivity index (χ1v) is 10.5. The van der Waals surface area contributed by atoms with Crippen LogP contribution in [-0.4, -0.2) is 70.8 Å². The van der Waals surface area contributed by atoms with E-state index in [2.05, 4.69) is 16.8 Å². The second-order valence-electron chi connectivity index (χ2n) is 8.07. The Balaban J connectivity index is 1.55. The molecule has 1 aromatic heterocycles. The summed E-state index contributed by atoms with van der Waals surface area (Å²) < 4.78 is 0. The Labute approximate surface area is 159 Å². The highest BCUT2D eigenvalue weighted by atomic mass is 32.1. The molecule has 0 aliphatic carbocycles. The average Bonchev–Trinajstić information content (AvgIpc) is 3.32. The molecule has 7 heteroatoms. The first-order chi connectivity index (χ1) is 12.5. The lowest BCUT2D eigenvalue weighted by Gasteiger charge is -2.46. The molecule has 0 saturated carbocycles. The first kappa shape index (κ1) is 17.9. The van der Waals surface area contributed by atoms with Crippen LogP contribution < -0.4 is 0 Å². The summed E-state index contributed by atoms with van der Waals surface area (Å²) in [5.41, 5.74) is -0.416. The fraction of sp³-hybridized carbons (Fsp3) is 0.737.